The van der Waals surface area contributed by atoms with Crippen LogP contribution in [0.25, 0.3) is 10.8 Å². The van der Waals surface area contributed by atoms with Gasteiger partial charge in [0.25, 0.3) is 0 Å². The highest BCUT2D eigenvalue weighted by molar-refractivity contribution is 5.84. The molecule has 0 unspecified atom stereocenters. The molecule has 0 saturated heterocycles. The summed E-state index contributed by atoms with van der Waals surface area (Å²) in [5.41, 5.74) is 0. The minimum atomic E-state index is -0.470. The second-order valence-electron chi connectivity index (χ2n) is 3.82. The minimum absolute atomic E-state index is 0.433. The van der Waals surface area contributed by atoms with Crippen molar-refractivity contribution in [3.8, 4) is 5.75 Å². The Labute approximate surface area is 106 Å². The normalized spacial score (nSPS) is 10.3. The van der Waals surface area contributed by atoms with E-state index in [1.807, 2.05) is 36.4 Å². The van der Waals surface area contributed by atoms with Gasteiger partial charge in [0.2, 0.25) is 0 Å². The van der Waals surface area contributed by atoms with Gasteiger partial charge in [-0.3, -0.25) is 0 Å². The zero-order chi connectivity index (χ0) is 12.8. The maximum Gasteiger partial charge on any atom is 0.412 e. The van der Waals surface area contributed by atoms with Crippen molar-refractivity contribution in [2.24, 2.45) is 0 Å². The molecule has 2 rings (SSSR count). The molecule has 0 aliphatic heterocycles. The number of amides is 1. The lowest BCUT2D eigenvalue weighted by molar-refractivity contribution is 0.180. The summed E-state index contributed by atoms with van der Waals surface area (Å²) in [6.45, 7) is 0.899. The quantitative estimate of drug-likeness (QED) is 0.842. The minimum Gasteiger partial charge on any atom is -0.410 e. The zero-order valence-corrected chi connectivity index (χ0v) is 10.2. The van der Waals surface area contributed by atoms with Crippen molar-refractivity contribution < 1.29 is 14.3 Å². The zero-order valence-electron chi connectivity index (χ0n) is 10.2. The molecular weight excluding hydrogens is 230 g/mol. The summed E-state index contributed by atoms with van der Waals surface area (Å²) in [5.74, 6) is 0.531. The topological polar surface area (TPSA) is 47.6 Å². The van der Waals surface area contributed by atoms with E-state index >= 15 is 0 Å². The number of nitrogens with one attached hydrogen (secondary N) is 1. The number of ether oxygens (including phenoxy) is 2. The summed E-state index contributed by atoms with van der Waals surface area (Å²) in [7, 11) is 1.58. The molecule has 0 aliphatic carbocycles. The van der Waals surface area contributed by atoms with Crippen LogP contribution in [0.5, 0.6) is 5.75 Å². The summed E-state index contributed by atoms with van der Waals surface area (Å²) in [6, 6.07) is 13.4. The van der Waals surface area contributed by atoms with E-state index in [4.69, 9.17) is 9.47 Å². The Bertz CT molecular complexity index is 539. The van der Waals surface area contributed by atoms with Crippen molar-refractivity contribution in [3.05, 3.63) is 42.5 Å². The van der Waals surface area contributed by atoms with Crippen LogP contribution in [-0.4, -0.2) is 26.4 Å². The molecule has 0 aliphatic rings. The van der Waals surface area contributed by atoms with Crippen molar-refractivity contribution in [1.82, 2.24) is 5.32 Å². The third-order valence-corrected chi connectivity index (χ3v) is 2.51. The van der Waals surface area contributed by atoms with E-state index in [0.29, 0.717) is 18.9 Å². The van der Waals surface area contributed by atoms with E-state index in [-0.39, 0.29) is 0 Å². The lowest BCUT2D eigenvalue weighted by Gasteiger charge is -2.07. The first-order valence-corrected chi connectivity index (χ1v) is 5.73. The number of hydrogen-bond acceptors (Lipinski definition) is 3. The second-order valence-corrected chi connectivity index (χ2v) is 3.82. The number of hydrogen-bond donors (Lipinski definition) is 1. The highest BCUT2D eigenvalue weighted by Gasteiger charge is 2.03. The van der Waals surface area contributed by atoms with E-state index in [2.05, 4.69) is 5.32 Å². The smallest absolute Gasteiger partial charge is 0.410 e. The van der Waals surface area contributed by atoms with Crippen LogP contribution < -0.4 is 10.1 Å². The number of carbonyl (C=O) groups excluding carboxylic acids is 1. The van der Waals surface area contributed by atoms with Gasteiger partial charge in [0.05, 0.1) is 6.61 Å². The molecule has 0 heterocycles. The van der Waals surface area contributed by atoms with Gasteiger partial charge < -0.3 is 14.8 Å². The van der Waals surface area contributed by atoms with E-state index < -0.39 is 6.09 Å². The van der Waals surface area contributed by atoms with Crippen LogP contribution >= 0.6 is 0 Å². The first kappa shape index (κ1) is 12.4. The van der Waals surface area contributed by atoms with E-state index in [1.165, 1.54) is 0 Å². The summed E-state index contributed by atoms with van der Waals surface area (Å²) in [4.78, 5) is 11.4. The Morgan fingerprint density at radius 3 is 2.72 bits per heavy atom. The van der Waals surface area contributed by atoms with Crippen molar-refractivity contribution in [1.29, 1.82) is 0 Å². The van der Waals surface area contributed by atoms with Crippen molar-refractivity contribution in [3.63, 3.8) is 0 Å². The van der Waals surface area contributed by atoms with Crippen molar-refractivity contribution in [2.75, 3.05) is 20.3 Å². The van der Waals surface area contributed by atoms with Crippen LogP contribution in [0.4, 0.5) is 4.79 Å². The summed E-state index contributed by atoms with van der Waals surface area (Å²) >= 11 is 0. The Hall–Kier alpha value is -2.07. The largest absolute Gasteiger partial charge is 0.412 e. The Morgan fingerprint density at radius 1 is 1.17 bits per heavy atom. The molecule has 0 saturated carbocycles. The Balaban J connectivity index is 2.01. The number of benzene rings is 2. The predicted molar refractivity (Wildman–Crippen MR) is 69.9 cm³/mol. The van der Waals surface area contributed by atoms with Crippen LogP contribution in [0.3, 0.4) is 0 Å². The molecule has 1 amide bonds. The molecule has 0 radical (unpaired) electrons. The standard InChI is InChI=1S/C14H15NO3/c1-17-9-8-15-14(16)18-13-7-6-11-4-2-3-5-12(11)10-13/h2-7,10H,8-9H2,1H3,(H,15,16). The van der Waals surface area contributed by atoms with Crippen LogP contribution in [0.2, 0.25) is 0 Å². The molecule has 1 N–H and O–H groups in total. The molecule has 4 nitrogen and oxygen atoms in total. The van der Waals surface area contributed by atoms with Crippen LogP contribution in [0, 0.1) is 0 Å². The van der Waals surface area contributed by atoms with Crippen LogP contribution in [0.1, 0.15) is 0 Å². The van der Waals surface area contributed by atoms with E-state index in [0.717, 1.165) is 10.8 Å². The summed E-state index contributed by atoms with van der Waals surface area (Å²) < 4.78 is 9.99. The summed E-state index contributed by atoms with van der Waals surface area (Å²) in [5, 5.41) is 4.75. The maximum absolute atomic E-state index is 11.4. The van der Waals surface area contributed by atoms with Crippen LogP contribution in [-0.2, 0) is 4.74 Å². The fourth-order valence-electron chi connectivity index (χ4n) is 1.63. The first-order chi connectivity index (χ1) is 8.79. The Morgan fingerprint density at radius 2 is 1.94 bits per heavy atom. The monoisotopic (exact) mass is 245 g/mol. The fourth-order valence-corrected chi connectivity index (χ4v) is 1.63. The molecule has 94 valence electrons. The van der Waals surface area contributed by atoms with Crippen molar-refractivity contribution in [2.45, 2.75) is 0 Å². The highest BCUT2D eigenvalue weighted by atomic mass is 16.6. The lowest BCUT2D eigenvalue weighted by Crippen LogP contribution is -2.29. The molecule has 18 heavy (non-hydrogen) atoms. The number of methoxy groups -OCH3 is 1. The molecular formula is C14H15NO3. The van der Waals surface area contributed by atoms with Gasteiger partial charge in [-0.15, -0.1) is 0 Å². The van der Waals surface area contributed by atoms with Gasteiger partial charge in [0.1, 0.15) is 5.75 Å². The third kappa shape index (κ3) is 3.21. The maximum atomic E-state index is 11.4. The number of carbonyl (C=O) groups is 1. The lowest BCUT2D eigenvalue weighted by atomic mass is 10.1. The molecule has 2 aromatic carbocycles. The molecule has 4 heteroatoms. The molecule has 2 aromatic rings. The number of rotatable bonds is 4. The van der Waals surface area contributed by atoms with Gasteiger partial charge in [0.15, 0.2) is 0 Å². The first-order valence-electron chi connectivity index (χ1n) is 5.73. The average molecular weight is 245 g/mol. The summed E-state index contributed by atoms with van der Waals surface area (Å²) in [6.07, 6.45) is -0.470. The predicted octanol–water partition coefficient (Wildman–Crippen LogP) is 2.57. The molecule has 0 spiro atoms. The third-order valence-electron chi connectivity index (χ3n) is 2.51. The van der Waals surface area contributed by atoms with Gasteiger partial charge in [-0.1, -0.05) is 30.3 Å². The molecule has 0 bridgehead atoms. The Kier molecular flexibility index (Phi) is 4.15. The molecule has 0 aromatic heterocycles. The fraction of sp³-hybridized carbons (Fsp3) is 0.214. The number of fused-ring (bicyclic) bond motifs is 1. The van der Waals surface area contributed by atoms with E-state index in [1.54, 1.807) is 13.2 Å². The average Bonchev–Trinajstić information content (AvgIpc) is 2.39. The van der Waals surface area contributed by atoms with Crippen molar-refractivity contribution >= 4 is 16.9 Å². The van der Waals surface area contributed by atoms with Gasteiger partial charge >= 0.3 is 6.09 Å². The van der Waals surface area contributed by atoms with Gasteiger partial charge in [-0.05, 0) is 22.9 Å². The molecule has 0 atom stereocenters. The molecule has 0 fully saturated rings. The SMILES string of the molecule is COCCNC(=O)Oc1ccc2ccccc2c1. The van der Waals surface area contributed by atoms with Gasteiger partial charge in [0, 0.05) is 13.7 Å². The van der Waals surface area contributed by atoms with E-state index in [9.17, 15) is 4.79 Å². The van der Waals surface area contributed by atoms with Gasteiger partial charge in [-0.25, -0.2) is 4.79 Å². The van der Waals surface area contributed by atoms with Gasteiger partial charge in [-0.2, -0.15) is 0 Å². The highest BCUT2D eigenvalue weighted by Crippen LogP contribution is 2.20. The van der Waals surface area contributed by atoms with Crippen LogP contribution in [0.15, 0.2) is 42.5 Å². The second kappa shape index (κ2) is 6.02.